The fraction of sp³-hybridized carbons (Fsp3) is 0.200. The highest BCUT2D eigenvalue weighted by molar-refractivity contribution is 7.89. The van der Waals surface area contributed by atoms with Gasteiger partial charge in [-0.15, -0.1) is 0 Å². The molecule has 0 saturated heterocycles. The van der Waals surface area contributed by atoms with Crippen molar-refractivity contribution in [1.82, 2.24) is 19.8 Å². The van der Waals surface area contributed by atoms with Crippen molar-refractivity contribution in [3.63, 3.8) is 0 Å². The van der Waals surface area contributed by atoms with Crippen LogP contribution in [0.15, 0.2) is 27.7 Å². The van der Waals surface area contributed by atoms with Crippen LogP contribution in [0.25, 0.3) is 0 Å². The number of pyridine rings is 1. The van der Waals surface area contributed by atoms with Gasteiger partial charge in [0.1, 0.15) is 11.0 Å². The third-order valence-electron chi connectivity index (χ3n) is 2.15. The van der Waals surface area contributed by atoms with Crippen LogP contribution in [0.1, 0.15) is 17.4 Å². The Morgan fingerprint density at radius 1 is 1.53 bits per heavy atom. The maximum Gasteiger partial charge on any atom is 0.243 e. The Hall–Kier alpha value is -2.31. The molecule has 2 aromatic heterocycles. The predicted molar refractivity (Wildman–Crippen MR) is 62.0 cm³/mol. The first kappa shape index (κ1) is 13.1. The van der Waals surface area contributed by atoms with Crippen LogP contribution in [0.4, 0.5) is 0 Å². The summed E-state index contributed by atoms with van der Waals surface area (Å²) in [5.41, 5.74) is -0.170. The number of aryl methyl sites for hydroxylation is 1. The molecule has 0 aliphatic carbocycles. The molecule has 2 aromatic rings. The third kappa shape index (κ3) is 2.93. The molecule has 0 aliphatic rings. The molecule has 0 unspecified atom stereocenters. The largest absolute Gasteiger partial charge is 0.338 e. The minimum absolute atomic E-state index is 0.142. The van der Waals surface area contributed by atoms with Crippen LogP contribution in [-0.2, 0) is 16.6 Å². The number of rotatable bonds is 4. The van der Waals surface area contributed by atoms with Gasteiger partial charge < -0.3 is 4.52 Å². The van der Waals surface area contributed by atoms with Crippen LogP contribution in [0.3, 0.4) is 0 Å². The lowest BCUT2D eigenvalue weighted by Gasteiger charge is -2.05. The second kappa shape index (κ2) is 5.13. The zero-order chi connectivity index (χ0) is 13.9. The van der Waals surface area contributed by atoms with Crippen LogP contribution < -0.4 is 4.72 Å². The van der Waals surface area contributed by atoms with Gasteiger partial charge in [0, 0.05) is 6.20 Å². The number of sulfonamides is 1. The third-order valence-corrected chi connectivity index (χ3v) is 3.58. The zero-order valence-electron chi connectivity index (χ0n) is 9.86. The Morgan fingerprint density at radius 2 is 2.32 bits per heavy atom. The van der Waals surface area contributed by atoms with Gasteiger partial charge in [-0.1, -0.05) is 5.16 Å². The van der Waals surface area contributed by atoms with Gasteiger partial charge in [-0.2, -0.15) is 10.2 Å². The predicted octanol–water partition coefficient (Wildman–Crippen LogP) is 0.123. The van der Waals surface area contributed by atoms with Gasteiger partial charge >= 0.3 is 0 Å². The van der Waals surface area contributed by atoms with Crippen molar-refractivity contribution in [3.05, 3.63) is 35.7 Å². The molecule has 0 aliphatic heterocycles. The number of nitrogens with one attached hydrogen (secondary N) is 1. The molecule has 0 aromatic carbocycles. The highest BCUT2D eigenvalue weighted by Gasteiger charge is 2.19. The molecule has 0 fully saturated rings. The first-order valence-electron chi connectivity index (χ1n) is 5.17. The Labute approximate surface area is 109 Å². The van der Waals surface area contributed by atoms with E-state index >= 15 is 0 Å². The Balaban J connectivity index is 2.21. The summed E-state index contributed by atoms with van der Waals surface area (Å²) in [6.45, 7) is 1.47. The summed E-state index contributed by atoms with van der Waals surface area (Å²) in [4.78, 5) is 7.37. The van der Waals surface area contributed by atoms with E-state index in [1.165, 1.54) is 18.3 Å². The van der Waals surface area contributed by atoms with Crippen molar-refractivity contribution in [2.24, 2.45) is 0 Å². The van der Waals surface area contributed by atoms with Crippen molar-refractivity contribution in [1.29, 1.82) is 5.26 Å². The molecular formula is C10H9N5O3S. The molecule has 0 radical (unpaired) electrons. The van der Waals surface area contributed by atoms with E-state index in [1.54, 1.807) is 13.0 Å². The van der Waals surface area contributed by atoms with Gasteiger partial charge in [0.25, 0.3) is 0 Å². The fourth-order valence-electron chi connectivity index (χ4n) is 1.34. The summed E-state index contributed by atoms with van der Waals surface area (Å²) in [6.07, 6.45) is 1.35. The normalized spacial score (nSPS) is 11.2. The second-order valence-electron chi connectivity index (χ2n) is 3.52. The monoisotopic (exact) mass is 279 g/mol. The van der Waals surface area contributed by atoms with Gasteiger partial charge in [0.2, 0.25) is 15.9 Å². The summed E-state index contributed by atoms with van der Waals surface area (Å²) in [7, 11) is -3.85. The minimum atomic E-state index is -3.85. The summed E-state index contributed by atoms with van der Waals surface area (Å²) < 4.78 is 31.0. The number of nitriles is 1. The van der Waals surface area contributed by atoms with E-state index in [2.05, 4.69) is 19.8 Å². The number of nitrogens with zero attached hydrogens (tertiary/aromatic N) is 4. The van der Waals surface area contributed by atoms with E-state index in [0.29, 0.717) is 5.82 Å². The Bertz CT molecular complexity index is 732. The van der Waals surface area contributed by atoms with Gasteiger partial charge in [-0.05, 0) is 19.1 Å². The molecule has 0 spiro atoms. The van der Waals surface area contributed by atoms with E-state index in [-0.39, 0.29) is 23.0 Å². The number of hydrogen-bond acceptors (Lipinski definition) is 7. The summed E-state index contributed by atoms with van der Waals surface area (Å²) in [5.74, 6) is 0.553. The van der Waals surface area contributed by atoms with Crippen molar-refractivity contribution < 1.29 is 12.9 Å². The van der Waals surface area contributed by atoms with Crippen LogP contribution in [0.5, 0.6) is 0 Å². The first-order valence-corrected chi connectivity index (χ1v) is 6.65. The lowest BCUT2D eigenvalue weighted by molar-refractivity contribution is 0.372. The van der Waals surface area contributed by atoms with Crippen LogP contribution in [0, 0.1) is 18.3 Å². The van der Waals surface area contributed by atoms with E-state index in [0.717, 1.165) is 0 Å². The Kier molecular flexibility index (Phi) is 3.55. The topological polar surface area (TPSA) is 122 Å². The SMILES string of the molecule is Cc1noc(CNS(=O)(=O)c2cccnc2C#N)n1. The van der Waals surface area contributed by atoms with E-state index in [9.17, 15) is 8.42 Å². The van der Waals surface area contributed by atoms with Crippen molar-refractivity contribution in [3.8, 4) is 6.07 Å². The maximum absolute atomic E-state index is 12.0. The van der Waals surface area contributed by atoms with Gasteiger partial charge in [0.15, 0.2) is 11.5 Å². The van der Waals surface area contributed by atoms with Crippen molar-refractivity contribution in [2.45, 2.75) is 18.4 Å². The van der Waals surface area contributed by atoms with Gasteiger partial charge in [-0.25, -0.2) is 18.1 Å². The molecule has 1 N–H and O–H groups in total. The average molecular weight is 279 g/mol. The molecule has 2 rings (SSSR count). The summed E-state index contributed by atoms with van der Waals surface area (Å²) in [6, 6.07) is 4.46. The molecule has 9 heteroatoms. The van der Waals surface area contributed by atoms with Crippen LogP contribution in [-0.4, -0.2) is 23.5 Å². The molecular weight excluding hydrogens is 270 g/mol. The molecule has 0 atom stereocenters. The van der Waals surface area contributed by atoms with Crippen molar-refractivity contribution in [2.75, 3.05) is 0 Å². The highest BCUT2D eigenvalue weighted by Crippen LogP contribution is 2.12. The second-order valence-corrected chi connectivity index (χ2v) is 5.26. The number of hydrogen-bond donors (Lipinski definition) is 1. The zero-order valence-corrected chi connectivity index (χ0v) is 10.7. The standard InChI is InChI=1S/C10H9N5O3S/c1-7-14-10(18-15-7)6-13-19(16,17)9-3-2-4-12-8(9)5-11/h2-4,13H,6H2,1H3. The molecule has 0 amide bonds. The lowest BCUT2D eigenvalue weighted by Crippen LogP contribution is -2.24. The fourth-order valence-corrected chi connectivity index (χ4v) is 2.42. The van der Waals surface area contributed by atoms with E-state index in [4.69, 9.17) is 9.78 Å². The molecule has 2 heterocycles. The smallest absolute Gasteiger partial charge is 0.243 e. The maximum atomic E-state index is 12.0. The van der Waals surface area contributed by atoms with Gasteiger partial charge in [0.05, 0.1) is 6.54 Å². The molecule has 0 saturated carbocycles. The number of aromatic nitrogens is 3. The lowest BCUT2D eigenvalue weighted by atomic mass is 10.4. The van der Waals surface area contributed by atoms with Crippen molar-refractivity contribution >= 4 is 10.0 Å². The van der Waals surface area contributed by atoms with Crippen LogP contribution in [0.2, 0.25) is 0 Å². The van der Waals surface area contributed by atoms with Crippen LogP contribution >= 0.6 is 0 Å². The highest BCUT2D eigenvalue weighted by atomic mass is 32.2. The minimum Gasteiger partial charge on any atom is -0.338 e. The summed E-state index contributed by atoms with van der Waals surface area (Å²) >= 11 is 0. The Morgan fingerprint density at radius 3 is 2.95 bits per heavy atom. The van der Waals surface area contributed by atoms with Gasteiger partial charge in [-0.3, -0.25) is 0 Å². The average Bonchev–Trinajstić information content (AvgIpc) is 2.82. The first-order chi connectivity index (χ1) is 9.03. The summed E-state index contributed by atoms with van der Waals surface area (Å²) in [5, 5.41) is 12.4. The quantitative estimate of drug-likeness (QED) is 0.843. The van der Waals surface area contributed by atoms with E-state index < -0.39 is 10.0 Å². The van der Waals surface area contributed by atoms with E-state index in [1.807, 2.05) is 0 Å². The molecule has 0 bridgehead atoms. The molecule has 98 valence electrons. The molecule has 19 heavy (non-hydrogen) atoms. The molecule has 8 nitrogen and oxygen atoms in total.